The molecular formula is C21H19N3O. The zero-order valence-corrected chi connectivity index (χ0v) is 13.8. The van der Waals surface area contributed by atoms with Gasteiger partial charge >= 0.3 is 0 Å². The Labute approximate surface area is 146 Å². The van der Waals surface area contributed by atoms with Crippen molar-refractivity contribution in [2.24, 2.45) is 5.73 Å². The quantitative estimate of drug-likeness (QED) is 0.710. The molecule has 4 nitrogen and oxygen atoms in total. The monoisotopic (exact) mass is 329 g/mol. The van der Waals surface area contributed by atoms with Gasteiger partial charge in [0.2, 0.25) is 5.91 Å². The van der Waals surface area contributed by atoms with Gasteiger partial charge in [0, 0.05) is 40.5 Å². The van der Waals surface area contributed by atoms with Crippen molar-refractivity contribution in [3.63, 3.8) is 0 Å². The predicted molar refractivity (Wildman–Crippen MR) is 100 cm³/mol. The fraction of sp³-hybridized carbons (Fsp3) is 0.190. The number of aromatic amines is 1. The van der Waals surface area contributed by atoms with E-state index in [2.05, 4.69) is 21.7 Å². The zero-order chi connectivity index (χ0) is 17.2. The third-order valence-electron chi connectivity index (χ3n) is 4.72. The third kappa shape index (κ3) is 2.97. The molecule has 0 unspecified atom stereocenters. The largest absolute Gasteiger partial charge is 0.368 e. The molecule has 0 radical (unpaired) electrons. The SMILES string of the molecule is NC(=O)[C@H]1CCCN1c1ccc(C#Cc2cccc3[nH]ccc23)cc1. The zero-order valence-electron chi connectivity index (χ0n) is 13.8. The van der Waals surface area contributed by atoms with E-state index in [9.17, 15) is 4.79 Å². The summed E-state index contributed by atoms with van der Waals surface area (Å²) < 4.78 is 0. The first-order valence-electron chi connectivity index (χ1n) is 8.46. The summed E-state index contributed by atoms with van der Waals surface area (Å²) in [6.07, 6.45) is 3.75. The molecule has 4 rings (SSSR count). The second-order valence-corrected chi connectivity index (χ2v) is 6.30. The fourth-order valence-electron chi connectivity index (χ4n) is 3.44. The molecule has 1 saturated heterocycles. The number of fused-ring (bicyclic) bond motifs is 1. The van der Waals surface area contributed by atoms with Crippen LogP contribution < -0.4 is 10.6 Å². The Kier molecular flexibility index (Phi) is 3.91. The van der Waals surface area contributed by atoms with Crippen molar-refractivity contribution < 1.29 is 4.79 Å². The Bertz CT molecular complexity index is 976. The van der Waals surface area contributed by atoms with Crippen molar-refractivity contribution in [3.05, 3.63) is 65.9 Å². The summed E-state index contributed by atoms with van der Waals surface area (Å²) in [6, 6.07) is 15.9. The summed E-state index contributed by atoms with van der Waals surface area (Å²) in [5.74, 6) is 6.22. The molecule has 1 aliphatic heterocycles. The van der Waals surface area contributed by atoms with E-state index in [0.29, 0.717) is 0 Å². The number of aromatic nitrogens is 1. The van der Waals surface area contributed by atoms with E-state index < -0.39 is 0 Å². The van der Waals surface area contributed by atoms with Crippen LogP contribution in [0.15, 0.2) is 54.7 Å². The number of rotatable bonds is 2. The number of nitrogens with zero attached hydrogens (tertiary/aromatic N) is 1. The summed E-state index contributed by atoms with van der Waals surface area (Å²) >= 11 is 0. The summed E-state index contributed by atoms with van der Waals surface area (Å²) in [6.45, 7) is 0.869. The number of carbonyl (C=O) groups excluding carboxylic acids is 1. The lowest BCUT2D eigenvalue weighted by Gasteiger charge is -2.24. The van der Waals surface area contributed by atoms with Crippen LogP contribution in [-0.4, -0.2) is 23.5 Å². The number of carbonyl (C=O) groups is 1. The molecular weight excluding hydrogens is 310 g/mol. The molecule has 0 bridgehead atoms. The highest BCUT2D eigenvalue weighted by molar-refractivity contribution is 5.86. The molecule has 2 aromatic carbocycles. The van der Waals surface area contributed by atoms with Crippen LogP contribution in [0.2, 0.25) is 0 Å². The molecule has 1 amide bonds. The van der Waals surface area contributed by atoms with Gasteiger partial charge < -0.3 is 15.6 Å². The van der Waals surface area contributed by atoms with E-state index in [-0.39, 0.29) is 11.9 Å². The van der Waals surface area contributed by atoms with E-state index in [4.69, 9.17) is 5.73 Å². The molecule has 124 valence electrons. The molecule has 1 atom stereocenters. The van der Waals surface area contributed by atoms with Crippen molar-refractivity contribution in [2.45, 2.75) is 18.9 Å². The van der Waals surface area contributed by atoms with E-state index in [1.165, 1.54) is 0 Å². The van der Waals surface area contributed by atoms with Crippen LogP contribution in [-0.2, 0) is 4.79 Å². The summed E-state index contributed by atoms with van der Waals surface area (Å²) in [5.41, 5.74) is 9.58. The number of nitrogens with two attached hydrogens (primary N) is 1. The van der Waals surface area contributed by atoms with Crippen LogP contribution in [0.3, 0.4) is 0 Å². The smallest absolute Gasteiger partial charge is 0.240 e. The number of nitrogens with one attached hydrogen (secondary N) is 1. The van der Waals surface area contributed by atoms with Crippen LogP contribution in [0.5, 0.6) is 0 Å². The van der Waals surface area contributed by atoms with Crippen molar-refractivity contribution in [1.29, 1.82) is 0 Å². The van der Waals surface area contributed by atoms with Crippen LogP contribution >= 0.6 is 0 Å². The maximum Gasteiger partial charge on any atom is 0.240 e. The van der Waals surface area contributed by atoms with Gasteiger partial charge in [0.15, 0.2) is 0 Å². The number of hydrogen-bond acceptors (Lipinski definition) is 2. The number of anilines is 1. The standard InChI is InChI=1S/C21H19N3O/c22-21(25)20-5-2-14-24(20)17-10-7-15(8-11-17)6-9-16-3-1-4-19-18(16)12-13-23-19/h1,3-4,7-8,10-13,20,23H,2,5,14H2,(H2,22,25)/t20-/m1/s1. The highest BCUT2D eigenvalue weighted by atomic mass is 16.1. The summed E-state index contributed by atoms with van der Waals surface area (Å²) in [4.78, 5) is 16.8. The van der Waals surface area contributed by atoms with Gasteiger partial charge in [0.1, 0.15) is 6.04 Å². The molecule has 0 aliphatic carbocycles. The number of H-pyrrole nitrogens is 1. The van der Waals surface area contributed by atoms with Gasteiger partial charge in [0.25, 0.3) is 0 Å². The van der Waals surface area contributed by atoms with Crippen molar-refractivity contribution >= 4 is 22.5 Å². The molecule has 2 heterocycles. The number of primary amides is 1. The highest BCUT2D eigenvalue weighted by Gasteiger charge is 2.28. The Hall–Kier alpha value is -3.19. The molecule has 0 spiro atoms. The van der Waals surface area contributed by atoms with Crippen molar-refractivity contribution in [2.75, 3.05) is 11.4 Å². The minimum absolute atomic E-state index is 0.192. The average Bonchev–Trinajstić information content (AvgIpc) is 3.29. The van der Waals surface area contributed by atoms with Gasteiger partial charge in [-0.15, -0.1) is 0 Å². The Morgan fingerprint density at radius 2 is 1.96 bits per heavy atom. The lowest BCUT2D eigenvalue weighted by Crippen LogP contribution is -2.40. The first kappa shape index (κ1) is 15.3. The Morgan fingerprint density at radius 3 is 2.76 bits per heavy atom. The number of hydrogen-bond donors (Lipinski definition) is 2. The van der Waals surface area contributed by atoms with E-state index in [1.807, 2.05) is 54.7 Å². The van der Waals surface area contributed by atoms with Gasteiger partial charge in [-0.3, -0.25) is 4.79 Å². The molecule has 1 aliphatic rings. The molecule has 4 heteroatoms. The van der Waals surface area contributed by atoms with Gasteiger partial charge in [0.05, 0.1) is 0 Å². The van der Waals surface area contributed by atoms with Gasteiger partial charge in [-0.05, 0) is 55.3 Å². The van der Waals surface area contributed by atoms with Crippen LogP contribution in [0.25, 0.3) is 10.9 Å². The highest BCUT2D eigenvalue weighted by Crippen LogP contribution is 2.25. The molecule has 0 saturated carbocycles. The molecule has 1 aromatic heterocycles. The Morgan fingerprint density at radius 1 is 1.12 bits per heavy atom. The van der Waals surface area contributed by atoms with Crippen LogP contribution in [0, 0.1) is 11.8 Å². The molecule has 1 fully saturated rings. The maximum absolute atomic E-state index is 11.6. The lowest BCUT2D eigenvalue weighted by atomic mass is 10.1. The second kappa shape index (κ2) is 6.37. The fourth-order valence-corrected chi connectivity index (χ4v) is 3.44. The second-order valence-electron chi connectivity index (χ2n) is 6.30. The normalized spacial score (nSPS) is 16.6. The van der Waals surface area contributed by atoms with Gasteiger partial charge in [-0.2, -0.15) is 0 Å². The van der Waals surface area contributed by atoms with Gasteiger partial charge in [-0.25, -0.2) is 0 Å². The van der Waals surface area contributed by atoms with E-state index in [0.717, 1.165) is 47.1 Å². The first-order valence-corrected chi connectivity index (χ1v) is 8.46. The van der Waals surface area contributed by atoms with E-state index in [1.54, 1.807) is 0 Å². The minimum atomic E-state index is -0.249. The molecule has 25 heavy (non-hydrogen) atoms. The third-order valence-corrected chi connectivity index (χ3v) is 4.72. The number of benzene rings is 2. The summed E-state index contributed by atoms with van der Waals surface area (Å²) in [7, 11) is 0. The topological polar surface area (TPSA) is 62.1 Å². The predicted octanol–water partition coefficient (Wildman–Crippen LogP) is 3.02. The minimum Gasteiger partial charge on any atom is -0.368 e. The molecule has 3 aromatic rings. The number of amides is 1. The Balaban J connectivity index is 1.58. The first-order chi connectivity index (χ1) is 12.2. The van der Waals surface area contributed by atoms with Crippen LogP contribution in [0.4, 0.5) is 5.69 Å². The maximum atomic E-state index is 11.6. The lowest BCUT2D eigenvalue weighted by molar-refractivity contribution is -0.119. The van der Waals surface area contributed by atoms with Crippen LogP contribution in [0.1, 0.15) is 24.0 Å². The van der Waals surface area contributed by atoms with Gasteiger partial charge in [-0.1, -0.05) is 17.9 Å². The van der Waals surface area contributed by atoms with Crippen molar-refractivity contribution in [1.82, 2.24) is 4.98 Å². The average molecular weight is 329 g/mol. The summed E-state index contributed by atoms with van der Waals surface area (Å²) in [5, 5.41) is 1.13. The molecule has 3 N–H and O–H groups in total. The van der Waals surface area contributed by atoms with E-state index >= 15 is 0 Å². The van der Waals surface area contributed by atoms with Crippen molar-refractivity contribution in [3.8, 4) is 11.8 Å².